The lowest BCUT2D eigenvalue weighted by Gasteiger charge is -2.33. The molecule has 3 rings (SSSR count). The molecule has 2 aromatic rings. The van der Waals surface area contributed by atoms with E-state index in [0.717, 1.165) is 10.2 Å². The van der Waals surface area contributed by atoms with Crippen molar-refractivity contribution >= 4 is 27.5 Å². The van der Waals surface area contributed by atoms with Crippen LogP contribution in [0.5, 0.6) is 0 Å². The van der Waals surface area contributed by atoms with Gasteiger partial charge in [0.15, 0.2) is 0 Å². The van der Waals surface area contributed by atoms with Gasteiger partial charge in [0.25, 0.3) is 5.69 Å². The topological polar surface area (TPSA) is 95.7 Å². The van der Waals surface area contributed by atoms with Gasteiger partial charge in [0.2, 0.25) is 11.6 Å². The van der Waals surface area contributed by atoms with E-state index >= 15 is 0 Å². The van der Waals surface area contributed by atoms with Crippen molar-refractivity contribution in [3.05, 3.63) is 86.0 Å². The van der Waals surface area contributed by atoms with Gasteiger partial charge in [-0.25, -0.2) is 5.01 Å². The lowest BCUT2D eigenvalue weighted by molar-refractivity contribution is -0.384. The number of nitrogens with one attached hydrogen (secondary N) is 1. The Kier molecular flexibility index (Phi) is 5.29. The Labute approximate surface area is 164 Å². The predicted molar refractivity (Wildman–Crippen MR) is 103 cm³/mol. The number of non-ortho nitro benzene ring substituents is 1. The average molecular weight is 432 g/mol. The molecular formula is C19H18BrN3O4. The fourth-order valence-corrected chi connectivity index (χ4v) is 3.16. The second kappa shape index (κ2) is 7.50. The third-order valence-electron chi connectivity index (χ3n) is 4.37. The van der Waals surface area contributed by atoms with E-state index in [2.05, 4.69) is 21.4 Å². The summed E-state index contributed by atoms with van der Waals surface area (Å²) in [6.45, 7) is 1.92. The molecule has 1 atom stereocenters. The highest BCUT2D eigenvalue weighted by molar-refractivity contribution is 9.10. The van der Waals surface area contributed by atoms with Crippen LogP contribution >= 0.6 is 15.9 Å². The highest BCUT2D eigenvalue weighted by Crippen LogP contribution is 2.34. The first-order valence-electron chi connectivity index (χ1n) is 8.36. The molecule has 0 saturated heterocycles. The SMILES string of the molecule is CCC1=C[C@](O)(c2ccc(Br)cc2)N(C(=O)Cc2ccc([N+](=O)[O-])cc2)N1. The average Bonchev–Trinajstić information content (AvgIpc) is 3.01. The van der Waals surface area contributed by atoms with Gasteiger partial charge in [0.1, 0.15) is 0 Å². The highest BCUT2D eigenvalue weighted by Gasteiger charge is 2.42. The Morgan fingerprint density at radius 3 is 2.41 bits per heavy atom. The number of nitro benzene ring substituents is 1. The Morgan fingerprint density at radius 1 is 1.22 bits per heavy atom. The molecule has 27 heavy (non-hydrogen) atoms. The summed E-state index contributed by atoms with van der Waals surface area (Å²) in [5.74, 6) is -0.353. The lowest BCUT2D eigenvalue weighted by atomic mass is 10.0. The number of benzene rings is 2. The summed E-state index contributed by atoms with van der Waals surface area (Å²) in [4.78, 5) is 23.1. The van der Waals surface area contributed by atoms with E-state index in [1.165, 1.54) is 17.1 Å². The number of carbonyl (C=O) groups excluding carboxylic acids is 1. The van der Waals surface area contributed by atoms with Gasteiger partial charge in [0.05, 0.1) is 11.3 Å². The largest absolute Gasteiger partial charge is 0.362 e. The van der Waals surface area contributed by atoms with Gasteiger partial charge in [-0.2, -0.15) is 0 Å². The third-order valence-corrected chi connectivity index (χ3v) is 4.90. The predicted octanol–water partition coefficient (Wildman–Crippen LogP) is 3.39. The molecule has 2 aromatic carbocycles. The van der Waals surface area contributed by atoms with Gasteiger partial charge < -0.3 is 5.11 Å². The Bertz CT molecular complexity index is 896. The van der Waals surface area contributed by atoms with E-state index in [1.54, 1.807) is 42.5 Å². The Balaban J connectivity index is 1.85. The van der Waals surface area contributed by atoms with Gasteiger partial charge >= 0.3 is 0 Å². The molecule has 0 aromatic heterocycles. The van der Waals surface area contributed by atoms with Crippen molar-refractivity contribution in [3.8, 4) is 0 Å². The molecule has 7 nitrogen and oxygen atoms in total. The number of rotatable bonds is 5. The number of hydrogen-bond acceptors (Lipinski definition) is 5. The van der Waals surface area contributed by atoms with E-state index in [0.29, 0.717) is 17.5 Å². The quantitative estimate of drug-likeness (QED) is 0.558. The van der Waals surface area contributed by atoms with Crippen molar-refractivity contribution in [1.29, 1.82) is 0 Å². The maximum atomic E-state index is 12.9. The van der Waals surface area contributed by atoms with Gasteiger partial charge in [-0.3, -0.25) is 20.3 Å². The zero-order valence-corrected chi connectivity index (χ0v) is 16.1. The molecule has 2 N–H and O–H groups in total. The summed E-state index contributed by atoms with van der Waals surface area (Å²) >= 11 is 3.36. The zero-order chi connectivity index (χ0) is 19.6. The third kappa shape index (κ3) is 3.86. The van der Waals surface area contributed by atoms with Crippen molar-refractivity contribution in [2.24, 2.45) is 0 Å². The number of hydrazine groups is 1. The maximum Gasteiger partial charge on any atom is 0.269 e. The van der Waals surface area contributed by atoms with E-state index in [4.69, 9.17) is 0 Å². The first kappa shape index (κ1) is 19.1. The first-order valence-corrected chi connectivity index (χ1v) is 9.16. The van der Waals surface area contributed by atoms with E-state index in [9.17, 15) is 20.0 Å². The fourth-order valence-electron chi connectivity index (χ4n) is 2.90. The lowest BCUT2D eigenvalue weighted by Crippen LogP contribution is -2.51. The highest BCUT2D eigenvalue weighted by atomic mass is 79.9. The number of amides is 1. The summed E-state index contributed by atoms with van der Waals surface area (Å²) < 4.78 is 0.865. The molecule has 0 radical (unpaired) electrons. The minimum atomic E-state index is -1.61. The second-order valence-electron chi connectivity index (χ2n) is 6.20. The van der Waals surface area contributed by atoms with E-state index in [-0.39, 0.29) is 18.0 Å². The van der Waals surface area contributed by atoms with Crippen molar-refractivity contribution in [3.63, 3.8) is 0 Å². The number of halogens is 1. The molecule has 0 aliphatic carbocycles. The van der Waals surface area contributed by atoms with Crippen LogP contribution in [0.15, 0.2) is 64.8 Å². The molecular weight excluding hydrogens is 414 g/mol. The molecule has 8 heteroatoms. The van der Waals surface area contributed by atoms with E-state index < -0.39 is 10.6 Å². The van der Waals surface area contributed by atoms with Crippen LogP contribution in [0.3, 0.4) is 0 Å². The number of carbonyl (C=O) groups is 1. The molecule has 0 spiro atoms. The van der Waals surface area contributed by atoms with Crippen molar-refractivity contribution in [1.82, 2.24) is 10.4 Å². The summed E-state index contributed by atoms with van der Waals surface area (Å²) in [5.41, 5.74) is 3.24. The monoisotopic (exact) mass is 431 g/mol. The molecule has 1 amide bonds. The van der Waals surface area contributed by atoms with Gasteiger partial charge in [-0.05, 0) is 30.2 Å². The standard InChI is InChI=1S/C19H18BrN3O4/c1-2-16-12-19(25,14-5-7-15(20)8-6-14)22(21-16)18(24)11-13-3-9-17(10-4-13)23(26)27/h3-10,12,21,25H,2,11H2,1H3/t19-/m0/s1. The molecule has 0 fully saturated rings. The molecule has 1 aliphatic rings. The second-order valence-corrected chi connectivity index (χ2v) is 7.11. The van der Waals surface area contributed by atoms with Crippen LogP contribution in [0, 0.1) is 10.1 Å². The summed E-state index contributed by atoms with van der Waals surface area (Å²) in [5, 5.41) is 23.2. The summed E-state index contributed by atoms with van der Waals surface area (Å²) in [7, 11) is 0. The van der Waals surface area contributed by atoms with Gasteiger partial charge in [0, 0.05) is 27.9 Å². The molecule has 0 saturated carbocycles. The number of hydrogen-bond donors (Lipinski definition) is 2. The van der Waals surface area contributed by atoms with Crippen LogP contribution in [0.2, 0.25) is 0 Å². The molecule has 0 bridgehead atoms. The van der Waals surface area contributed by atoms with Crippen LogP contribution < -0.4 is 5.43 Å². The fraction of sp³-hybridized carbons (Fsp3) is 0.211. The molecule has 140 valence electrons. The Morgan fingerprint density at radius 2 is 1.85 bits per heavy atom. The minimum absolute atomic E-state index is 0.00529. The molecule has 0 unspecified atom stereocenters. The number of nitrogens with zero attached hydrogens (tertiary/aromatic N) is 2. The van der Waals surface area contributed by atoms with Crippen LogP contribution in [0.1, 0.15) is 24.5 Å². The normalized spacial score (nSPS) is 18.8. The van der Waals surface area contributed by atoms with Crippen molar-refractivity contribution < 1.29 is 14.8 Å². The Hall–Kier alpha value is -2.71. The molecule has 1 aliphatic heterocycles. The minimum Gasteiger partial charge on any atom is -0.362 e. The van der Waals surface area contributed by atoms with Gasteiger partial charge in [-0.1, -0.05) is 47.1 Å². The van der Waals surface area contributed by atoms with Gasteiger partial charge in [-0.15, -0.1) is 0 Å². The van der Waals surface area contributed by atoms with Crippen LogP contribution in [-0.2, 0) is 16.9 Å². The van der Waals surface area contributed by atoms with Crippen LogP contribution in [0.4, 0.5) is 5.69 Å². The maximum absolute atomic E-state index is 12.9. The van der Waals surface area contributed by atoms with Crippen LogP contribution in [-0.4, -0.2) is 20.9 Å². The van der Waals surface area contributed by atoms with Crippen molar-refractivity contribution in [2.45, 2.75) is 25.5 Å². The smallest absolute Gasteiger partial charge is 0.269 e. The van der Waals surface area contributed by atoms with Crippen molar-refractivity contribution in [2.75, 3.05) is 0 Å². The number of nitro groups is 1. The van der Waals surface area contributed by atoms with E-state index in [1.807, 2.05) is 6.92 Å². The summed E-state index contributed by atoms with van der Waals surface area (Å²) in [6.07, 6.45) is 2.25. The zero-order valence-electron chi connectivity index (χ0n) is 14.6. The summed E-state index contributed by atoms with van der Waals surface area (Å²) in [6, 6.07) is 12.9. The number of allylic oxidation sites excluding steroid dienone is 1. The molecule has 1 heterocycles. The van der Waals surface area contributed by atoms with Crippen LogP contribution in [0.25, 0.3) is 0 Å². The number of aliphatic hydroxyl groups is 1. The first-order chi connectivity index (χ1) is 12.8.